The van der Waals surface area contributed by atoms with E-state index in [1.165, 1.54) is 0 Å². The molecule has 5 rings (SSSR count). The zero-order valence-electron chi connectivity index (χ0n) is 16.8. The molecule has 0 saturated carbocycles. The van der Waals surface area contributed by atoms with E-state index in [0.29, 0.717) is 13.2 Å². The molecule has 4 aromatic rings. The minimum Gasteiger partial charge on any atom is -0.378 e. The van der Waals surface area contributed by atoms with Gasteiger partial charge < -0.3 is 15.0 Å². The van der Waals surface area contributed by atoms with Crippen LogP contribution in [-0.4, -0.2) is 46.1 Å². The molecule has 2 aromatic heterocycles. The summed E-state index contributed by atoms with van der Waals surface area (Å²) in [6.07, 6.45) is 0. The molecule has 0 unspecified atom stereocenters. The van der Waals surface area contributed by atoms with Crippen LogP contribution in [0.4, 0.5) is 16.8 Å². The number of hydrogen-bond acceptors (Lipinski definition) is 8. The van der Waals surface area contributed by atoms with Crippen molar-refractivity contribution in [2.24, 2.45) is 0 Å². The summed E-state index contributed by atoms with van der Waals surface area (Å²) in [7, 11) is 0. The van der Waals surface area contributed by atoms with E-state index in [2.05, 4.69) is 42.5 Å². The fraction of sp³-hybridized carbons (Fsp3) is 0.227. The summed E-state index contributed by atoms with van der Waals surface area (Å²) in [6.45, 7) is 3.05. The number of thiazole rings is 1. The Balaban J connectivity index is 1.34. The quantitative estimate of drug-likeness (QED) is 0.413. The van der Waals surface area contributed by atoms with Crippen LogP contribution in [0.3, 0.4) is 0 Å². The number of nitrogens with one attached hydrogen (secondary N) is 1. The monoisotopic (exact) mass is 450 g/mol. The third-order valence-electron chi connectivity index (χ3n) is 4.85. The Morgan fingerprint density at radius 2 is 1.71 bits per heavy atom. The van der Waals surface area contributed by atoms with Gasteiger partial charge in [-0.1, -0.05) is 48.2 Å². The maximum atomic E-state index is 5.51. The molecule has 9 heteroatoms. The summed E-state index contributed by atoms with van der Waals surface area (Å²) in [5, 5.41) is 16.2. The van der Waals surface area contributed by atoms with Crippen molar-refractivity contribution in [1.29, 1.82) is 0 Å². The smallest absolute Gasteiger partial charge is 0.232 e. The molecule has 7 nitrogen and oxygen atoms in total. The zero-order chi connectivity index (χ0) is 20.9. The molecular weight excluding hydrogens is 428 g/mol. The van der Waals surface area contributed by atoms with Gasteiger partial charge in [-0.25, -0.2) is 4.98 Å². The van der Waals surface area contributed by atoms with Crippen molar-refractivity contribution in [3.63, 3.8) is 0 Å². The molecule has 0 amide bonds. The summed E-state index contributed by atoms with van der Waals surface area (Å²) in [5.74, 6) is 1.59. The lowest BCUT2D eigenvalue weighted by molar-refractivity contribution is 0.122. The minimum atomic E-state index is 0.708. The minimum absolute atomic E-state index is 0.708. The lowest BCUT2D eigenvalue weighted by Crippen LogP contribution is -2.37. The second kappa shape index (κ2) is 9.51. The van der Waals surface area contributed by atoms with Crippen LogP contribution in [0.15, 0.2) is 71.2 Å². The topological polar surface area (TPSA) is 68.1 Å². The highest BCUT2D eigenvalue weighted by molar-refractivity contribution is 7.98. The first-order valence-electron chi connectivity index (χ1n) is 10.1. The van der Waals surface area contributed by atoms with Crippen molar-refractivity contribution in [2.45, 2.75) is 10.9 Å². The Morgan fingerprint density at radius 1 is 0.968 bits per heavy atom. The normalized spacial score (nSPS) is 14.0. The molecule has 158 valence electrons. The van der Waals surface area contributed by atoms with Crippen molar-refractivity contribution in [2.75, 3.05) is 36.5 Å². The first-order chi connectivity index (χ1) is 15.4. The Labute approximate surface area is 189 Å². The van der Waals surface area contributed by atoms with Gasteiger partial charge in [-0.05, 0) is 24.3 Å². The largest absolute Gasteiger partial charge is 0.378 e. The van der Waals surface area contributed by atoms with E-state index < -0.39 is 0 Å². The number of ether oxygens (including phenoxy) is 1. The molecule has 0 atom stereocenters. The van der Waals surface area contributed by atoms with Gasteiger partial charge in [-0.3, -0.25) is 4.57 Å². The van der Waals surface area contributed by atoms with Gasteiger partial charge in [0.05, 0.1) is 24.6 Å². The Bertz CT molecular complexity index is 1110. The zero-order valence-corrected chi connectivity index (χ0v) is 18.5. The van der Waals surface area contributed by atoms with Crippen LogP contribution in [0.5, 0.6) is 0 Å². The average Bonchev–Trinajstić information content (AvgIpc) is 3.46. The van der Waals surface area contributed by atoms with E-state index in [-0.39, 0.29) is 0 Å². The van der Waals surface area contributed by atoms with Crippen LogP contribution in [0.2, 0.25) is 0 Å². The summed E-state index contributed by atoms with van der Waals surface area (Å²) in [5.41, 5.74) is 3.11. The Morgan fingerprint density at radius 3 is 2.48 bits per heavy atom. The second-order valence-corrected chi connectivity index (χ2v) is 8.78. The number of hydrogen-bond donors (Lipinski definition) is 1. The number of aromatic nitrogens is 4. The highest BCUT2D eigenvalue weighted by Crippen LogP contribution is 2.30. The number of nitrogens with zero attached hydrogens (tertiary/aromatic N) is 5. The molecule has 1 aliphatic rings. The van der Waals surface area contributed by atoms with E-state index in [1.807, 2.05) is 48.5 Å². The van der Waals surface area contributed by atoms with E-state index in [1.54, 1.807) is 23.1 Å². The summed E-state index contributed by atoms with van der Waals surface area (Å²) in [4.78, 5) is 6.96. The third kappa shape index (κ3) is 4.73. The first kappa shape index (κ1) is 20.0. The van der Waals surface area contributed by atoms with E-state index >= 15 is 0 Å². The van der Waals surface area contributed by atoms with Crippen LogP contribution in [0, 0.1) is 0 Å². The lowest BCUT2D eigenvalue weighted by Gasteiger charge is -2.27. The number of morpholine rings is 1. The van der Waals surface area contributed by atoms with Crippen molar-refractivity contribution < 1.29 is 4.74 Å². The number of rotatable bonds is 7. The van der Waals surface area contributed by atoms with Gasteiger partial charge >= 0.3 is 0 Å². The van der Waals surface area contributed by atoms with Gasteiger partial charge in [0.1, 0.15) is 0 Å². The number of thioether (sulfide) groups is 1. The Kier molecular flexibility index (Phi) is 6.15. The maximum absolute atomic E-state index is 5.51. The van der Waals surface area contributed by atoms with Crippen LogP contribution in [0.1, 0.15) is 5.69 Å². The molecule has 2 aromatic carbocycles. The summed E-state index contributed by atoms with van der Waals surface area (Å²) >= 11 is 3.25. The molecule has 1 saturated heterocycles. The molecular formula is C22H22N6OS2. The SMILES string of the molecule is c1ccc(Nc2nc(CSc3nnc(N4CCOCC4)n3-c3ccccc3)cs2)cc1. The molecule has 0 radical (unpaired) electrons. The van der Waals surface area contributed by atoms with Gasteiger partial charge in [0, 0.05) is 29.9 Å². The van der Waals surface area contributed by atoms with Crippen LogP contribution >= 0.6 is 23.1 Å². The molecule has 1 aliphatic heterocycles. The van der Waals surface area contributed by atoms with Crippen molar-refractivity contribution >= 4 is 39.9 Å². The van der Waals surface area contributed by atoms with Crippen LogP contribution in [0.25, 0.3) is 5.69 Å². The van der Waals surface area contributed by atoms with E-state index in [9.17, 15) is 0 Å². The molecule has 0 aliphatic carbocycles. The molecule has 3 heterocycles. The van der Waals surface area contributed by atoms with Gasteiger partial charge in [0.15, 0.2) is 10.3 Å². The van der Waals surface area contributed by atoms with Crippen molar-refractivity contribution in [1.82, 2.24) is 19.7 Å². The standard InChI is InChI=1S/C22H22N6OS2/c1-3-7-17(8-4-1)23-20-24-18(15-30-20)16-31-22-26-25-21(27-11-13-29-14-12-27)28(22)19-9-5-2-6-10-19/h1-10,15H,11-14,16H2,(H,23,24). The molecule has 31 heavy (non-hydrogen) atoms. The fourth-order valence-corrected chi connectivity index (χ4v) is 5.02. The van der Waals surface area contributed by atoms with Crippen molar-refractivity contribution in [3.8, 4) is 5.69 Å². The third-order valence-corrected chi connectivity index (χ3v) is 6.62. The maximum Gasteiger partial charge on any atom is 0.232 e. The Hall–Kier alpha value is -2.88. The number of anilines is 3. The number of para-hydroxylation sites is 2. The predicted molar refractivity (Wildman–Crippen MR) is 126 cm³/mol. The molecule has 1 N–H and O–H groups in total. The van der Waals surface area contributed by atoms with Gasteiger partial charge in [0.25, 0.3) is 0 Å². The second-order valence-electron chi connectivity index (χ2n) is 6.98. The lowest BCUT2D eigenvalue weighted by atomic mass is 10.3. The predicted octanol–water partition coefficient (Wildman–Crippen LogP) is 4.60. The van der Waals surface area contributed by atoms with Crippen LogP contribution < -0.4 is 10.2 Å². The number of benzene rings is 2. The van der Waals surface area contributed by atoms with Gasteiger partial charge in [0.2, 0.25) is 5.95 Å². The van der Waals surface area contributed by atoms with E-state index in [0.717, 1.165) is 52.1 Å². The average molecular weight is 451 g/mol. The molecule has 0 bridgehead atoms. The van der Waals surface area contributed by atoms with E-state index in [4.69, 9.17) is 9.72 Å². The van der Waals surface area contributed by atoms with Crippen molar-refractivity contribution in [3.05, 3.63) is 71.7 Å². The molecule has 0 spiro atoms. The summed E-state index contributed by atoms with van der Waals surface area (Å²) in [6, 6.07) is 20.4. The molecule has 1 fully saturated rings. The first-order valence-corrected chi connectivity index (χ1v) is 12.0. The fourth-order valence-electron chi connectivity index (χ4n) is 3.34. The highest BCUT2D eigenvalue weighted by Gasteiger charge is 2.22. The highest BCUT2D eigenvalue weighted by atomic mass is 32.2. The van der Waals surface area contributed by atoms with Gasteiger partial charge in [-0.2, -0.15) is 0 Å². The van der Waals surface area contributed by atoms with Crippen LogP contribution in [-0.2, 0) is 10.5 Å². The van der Waals surface area contributed by atoms with Gasteiger partial charge in [-0.15, -0.1) is 21.5 Å². The summed E-state index contributed by atoms with van der Waals surface area (Å²) < 4.78 is 7.64.